The Bertz CT molecular complexity index is 5830. The molecule has 4 atom stereocenters. The summed E-state index contributed by atoms with van der Waals surface area (Å²) in [6, 6.07) is 23.8. The summed E-state index contributed by atoms with van der Waals surface area (Å²) in [5, 5.41) is 23.3. The number of aromatic nitrogens is 12. The smallest absolute Gasteiger partial charge is 0.341 e. The first kappa shape index (κ1) is 85.8. The molecule has 24 nitrogen and oxygen atoms in total. The van der Waals surface area contributed by atoms with E-state index in [0.717, 1.165) is 94.5 Å². The van der Waals surface area contributed by atoms with Gasteiger partial charge in [-0.2, -0.15) is 0 Å². The number of anilines is 7. The number of nitrogens with zero attached hydrogens (tertiary/aromatic N) is 12. The van der Waals surface area contributed by atoms with Gasteiger partial charge >= 0.3 is 17.9 Å². The fourth-order valence-corrected chi connectivity index (χ4v) is 15.6. The Morgan fingerprint density at radius 1 is 0.441 bits per heavy atom. The lowest BCUT2D eigenvalue weighted by molar-refractivity contribution is 0.0517. The van der Waals surface area contributed by atoms with E-state index in [2.05, 4.69) is 131 Å². The summed E-state index contributed by atoms with van der Waals surface area (Å²) in [6.07, 6.45) is 18.8. The zero-order valence-electron chi connectivity index (χ0n) is 64.5. The van der Waals surface area contributed by atoms with Gasteiger partial charge in [-0.1, -0.05) is 74.1 Å². The van der Waals surface area contributed by atoms with Gasteiger partial charge in [0, 0.05) is 110 Å². The van der Waals surface area contributed by atoms with Gasteiger partial charge in [-0.3, -0.25) is 24.7 Å². The van der Waals surface area contributed by atoms with Crippen molar-refractivity contribution in [2.45, 2.75) is 117 Å². The van der Waals surface area contributed by atoms with Crippen molar-refractivity contribution in [3.8, 4) is 45.6 Å². The molecule has 0 radical (unpaired) electrons. The molecular formula is C85H76Cl4F4IN17O7. The van der Waals surface area contributed by atoms with Crippen LogP contribution in [-0.2, 0) is 35.2 Å². The third kappa shape index (κ3) is 20.0. The van der Waals surface area contributed by atoms with Crippen molar-refractivity contribution in [1.29, 1.82) is 0 Å². The molecule has 7 N–H and O–H groups in total. The normalized spacial score (nSPS) is 14.9. The molecule has 118 heavy (non-hydrogen) atoms. The number of halogens is 9. The number of carboxylic acid groups (broad SMARTS) is 1. The number of nitrogen functional groups attached to an aromatic ring is 1. The second-order valence-corrected chi connectivity index (χ2v) is 30.4. The maximum atomic E-state index is 14.5. The van der Waals surface area contributed by atoms with Crippen LogP contribution < -0.4 is 27.0 Å². The number of esters is 2. The number of ether oxygens (including phenoxy) is 2. The highest BCUT2D eigenvalue weighted by molar-refractivity contribution is 14.1. The Kier molecular flexibility index (Phi) is 28.2. The number of aromatic carboxylic acids is 1. The van der Waals surface area contributed by atoms with E-state index in [1.807, 2.05) is 0 Å². The van der Waals surface area contributed by atoms with Crippen molar-refractivity contribution in [1.82, 2.24) is 65.1 Å². The minimum atomic E-state index is -1.10. The van der Waals surface area contributed by atoms with E-state index in [9.17, 15) is 41.8 Å². The molecule has 0 saturated carbocycles. The molecule has 0 aliphatic heterocycles. The van der Waals surface area contributed by atoms with Gasteiger partial charge in [-0.05, 0) is 209 Å². The number of rotatable bonds is 16. The van der Waals surface area contributed by atoms with Crippen LogP contribution in [0.15, 0.2) is 147 Å². The fraction of sp³-hybridized carbons (Fsp3) is 0.247. The van der Waals surface area contributed by atoms with Gasteiger partial charge in [-0.15, -0.1) is 0 Å². The van der Waals surface area contributed by atoms with Crippen molar-refractivity contribution >= 4 is 133 Å². The predicted molar refractivity (Wildman–Crippen MR) is 453 cm³/mol. The Morgan fingerprint density at radius 3 is 1.10 bits per heavy atom. The van der Waals surface area contributed by atoms with Gasteiger partial charge in [0.05, 0.1) is 75.2 Å². The molecule has 16 rings (SSSR count). The van der Waals surface area contributed by atoms with Crippen molar-refractivity contribution in [2.75, 3.05) is 41.9 Å². The van der Waals surface area contributed by atoms with Gasteiger partial charge in [0.1, 0.15) is 61.1 Å². The minimum absolute atomic E-state index is 0.0241. The number of aryl methyl sites for hydroxylation is 4. The molecule has 0 spiro atoms. The molecule has 8 heterocycles. The minimum Gasteiger partial charge on any atom is -0.478 e. The lowest BCUT2D eigenvalue weighted by Crippen LogP contribution is -2.19. The second kappa shape index (κ2) is 38.7. The number of amides is 1. The molecule has 0 fully saturated rings. The first-order valence-electron chi connectivity index (χ1n) is 37.4. The summed E-state index contributed by atoms with van der Waals surface area (Å²) in [6.45, 7) is 12.5. The highest BCUT2D eigenvalue weighted by Crippen LogP contribution is 2.44. The quantitative estimate of drug-likeness (QED) is 0.0226. The molecule has 4 aromatic carbocycles. The lowest BCUT2D eigenvalue weighted by atomic mass is 10.1. The number of benzene rings is 4. The SMILES string of the molecule is CC1CCc2nc(-c3cc(Cl)ccc3F)nc(I)c21.CC1CCc2nc(-c3cc(Cl)ccc3F)nc(Nc3ccncc3C(=O)O)c21.CCOC(=O)c1cnccc1N.CCOC(=O)c1cnccc1Nc1nc(-c2cc(Cl)ccc2F)nc2c1C(C)CC2.CNC(=O)c1cnccc1Nc1nc(-c2cc(Cl)ccc2F)nc2c1C(C)CC2. The number of hydrogen-bond donors (Lipinski definition) is 6. The summed E-state index contributed by atoms with van der Waals surface area (Å²) in [7, 11) is 1.56. The Hall–Kier alpha value is -11.5. The van der Waals surface area contributed by atoms with E-state index >= 15 is 0 Å². The number of fused-ring (bicyclic) bond motifs is 4. The molecule has 4 aliphatic carbocycles. The maximum absolute atomic E-state index is 14.5. The summed E-state index contributed by atoms with van der Waals surface area (Å²) >= 11 is 26.3. The van der Waals surface area contributed by atoms with E-state index < -0.39 is 35.4 Å². The van der Waals surface area contributed by atoms with E-state index in [4.69, 9.17) is 61.6 Å². The standard InChI is InChI=1S/C22H20ClFN4O2.C21H19ClFN5O.C20H16ClFN4O2.C14H11ClFIN2.C8H10N2O2/c1-3-30-22(29)15-11-25-9-8-17(15)26-21-19-12(2)4-7-18(19)27-20(28-21)14-10-13(23)5-6-16(14)24;1-11-3-6-17-18(11)20(26-16-7-8-25-10-14(16)21(29)24-2)28-19(27-17)13-9-12(22)4-5-15(13)23;1-10-2-5-16-17(10)19(24-15-6-7-23-9-13(15)20(27)28)26-18(25-16)12-8-11(21)3-4-14(12)22;1-7-2-5-11-12(7)13(17)19-14(18-11)9-6-8(15)3-4-10(9)16;1-2-12-8(11)6-5-10-4-3-7(6)9/h5-6,8-12H,3-4,7H2,1-2H3,(H,25,26,27,28);4-5,7-11H,3,6H2,1-2H3,(H,24,29)(H,25,26,27,28);3-4,6-10H,2,5H2,1H3,(H,27,28)(H,23,24,25,26);3-4,6-7H,2,5H2,1H3;3-5H,2H2,1H3,(H2,9,10). The molecule has 8 aromatic heterocycles. The third-order valence-electron chi connectivity index (χ3n) is 19.7. The van der Waals surface area contributed by atoms with Crippen LogP contribution in [0.5, 0.6) is 0 Å². The van der Waals surface area contributed by atoms with Crippen molar-refractivity contribution < 1.29 is 51.3 Å². The number of pyridine rings is 4. The molecule has 12 aromatic rings. The maximum Gasteiger partial charge on any atom is 0.341 e. The van der Waals surface area contributed by atoms with E-state index in [-0.39, 0.29) is 75.8 Å². The summed E-state index contributed by atoms with van der Waals surface area (Å²) in [5.74, 6) is -0.106. The number of carboxylic acids is 1. The van der Waals surface area contributed by atoms with Crippen molar-refractivity contribution in [2.24, 2.45) is 0 Å². The van der Waals surface area contributed by atoms with Gasteiger partial charge in [0.25, 0.3) is 5.91 Å². The summed E-state index contributed by atoms with van der Waals surface area (Å²) < 4.78 is 67.9. The average molecular weight is 1790 g/mol. The summed E-state index contributed by atoms with van der Waals surface area (Å²) in [5.41, 5.74) is 17.1. The first-order valence-corrected chi connectivity index (χ1v) is 40.0. The zero-order valence-corrected chi connectivity index (χ0v) is 69.7. The van der Waals surface area contributed by atoms with Gasteiger partial charge in [0.2, 0.25) is 0 Å². The Labute approximate surface area is 709 Å². The van der Waals surface area contributed by atoms with Crippen LogP contribution in [0.4, 0.5) is 57.8 Å². The van der Waals surface area contributed by atoms with Crippen LogP contribution in [0.25, 0.3) is 45.6 Å². The van der Waals surface area contributed by atoms with E-state index in [0.29, 0.717) is 101 Å². The second-order valence-electron chi connectivity index (χ2n) is 27.6. The molecular weight excluding hydrogens is 1720 g/mol. The van der Waals surface area contributed by atoms with Crippen LogP contribution in [0.3, 0.4) is 0 Å². The number of carbonyl (C=O) groups excluding carboxylic acids is 3. The lowest BCUT2D eigenvalue weighted by Gasteiger charge is -2.16. The highest BCUT2D eigenvalue weighted by Gasteiger charge is 2.33. The molecule has 0 bridgehead atoms. The molecule has 4 unspecified atom stereocenters. The van der Waals surface area contributed by atoms with Crippen molar-refractivity contribution in [3.05, 3.63) is 261 Å². The number of hydrogen-bond acceptors (Lipinski definition) is 22. The van der Waals surface area contributed by atoms with E-state index in [1.165, 1.54) is 109 Å². The molecule has 606 valence electrons. The van der Waals surface area contributed by atoms with Crippen LogP contribution in [-0.4, -0.2) is 109 Å². The molecule has 4 aliphatic rings. The summed E-state index contributed by atoms with van der Waals surface area (Å²) in [4.78, 5) is 99.4. The first-order chi connectivity index (χ1) is 56.7. The fourth-order valence-electron chi connectivity index (χ4n) is 13.8. The number of nitrogens with one attached hydrogen (secondary N) is 4. The third-order valence-corrected chi connectivity index (χ3v) is 21.5. The van der Waals surface area contributed by atoms with Crippen LogP contribution in [0.1, 0.15) is 177 Å². The largest absolute Gasteiger partial charge is 0.478 e. The Balaban J connectivity index is 0.000000139. The van der Waals surface area contributed by atoms with Crippen LogP contribution >= 0.6 is 69.0 Å². The molecule has 0 saturated heterocycles. The average Bonchev–Trinajstić information content (AvgIpc) is 1.58. The van der Waals surface area contributed by atoms with Crippen molar-refractivity contribution in [3.63, 3.8) is 0 Å². The highest BCUT2D eigenvalue weighted by atomic mass is 127. The monoisotopic (exact) mass is 1790 g/mol. The van der Waals surface area contributed by atoms with Crippen LogP contribution in [0.2, 0.25) is 20.1 Å². The zero-order chi connectivity index (χ0) is 84.2. The molecule has 1 amide bonds. The number of nitrogens with two attached hydrogens (primary N) is 1. The topological polar surface area (TPSA) is 336 Å². The van der Waals surface area contributed by atoms with Crippen LogP contribution in [0, 0.1) is 27.0 Å². The van der Waals surface area contributed by atoms with Gasteiger partial charge < -0.3 is 41.6 Å². The predicted octanol–water partition coefficient (Wildman–Crippen LogP) is 20.0. The number of carbonyl (C=O) groups is 4. The van der Waals surface area contributed by atoms with E-state index in [1.54, 1.807) is 63.6 Å². The molecule has 33 heteroatoms. The van der Waals surface area contributed by atoms with Gasteiger partial charge in [0.15, 0.2) is 23.3 Å². The Morgan fingerprint density at radius 2 is 0.746 bits per heavy atom. The van der Waals surface area contributed by atoms with Gasteiger partial charge in [-0.25, -0.2) is 71.8 Å².